The molecule has 2 rings (SSSR count). The molecule has 0 atom stereocenters. The first-order valence-corrected chi connectivity index (χ1v) is 6.19. The molecule has 0 spiro atoms. The van der Waals surface area contributed by atoms with E-state index in [4.69, 9.17) is 0 Å². The van der Waals surface area contributed by atoms with Crippen molar-refractivity contribution in [1.29, 1.82) is 0 Å². The molecule has 1 aromatic rings. The average Bonchev–Trinajstić information content (AvgIpc) is 2.13. The molecular formula is C9H11FN2S2. The summed E-state index contributed by atoms with van der Waals surface area (Å²) in [6, 6.07) is 6.90. The molecule has 2 nitrogen and oxygen atoms in total. The third-order valence-electron chi connectivity index (χ3n) is 2.18. The van der Waals surface area contributed by atoms with Crippen molar-refractivity contribution in [3.05, 3.63) is 30.1 Å². The number of thiol groups is 1. The molecule has 1 aliphatic heterocycles. The summed E-state index contributed by atoms with van der Waals surface area (Å²) in [5, 5.41) is 3.31. The standard InChI is InChI=1S/C9H11FN2S2/c10-7-1-3-8(4-2-7)11-9-5-12(6-9)14-13/h1-4,9,11,13H,5-6H2. The first-order valence-electron chi connectivity index (χ1n) is 4.36. The van der Waals surface area contributed by atoms with Gasteiger partial charge in [-0.1, -0.05) is 11.7 Å². The number of hydrogen-bond acceptors (Lipinski definition) is 4. The van der Waals surface area contributed by atoms with Gasteiger partial charge in [0.2, 0.25) is 0 Å². The largest absolute Gasteiger partial charge is 0.380 e. The van der Waals surface area contributed by atoms with Crippen LogP contribution in [0.5, 0.6) is 0 Å². The summed E-state index contributed by atoms with van der Waals surface area (Å²) >= 11 is 4.09. The van der Waals surface area contributed by atoms with Crippen LogP contribution in [0.1, 0.15) is 0 Å². The summed E-state index contributed by atoms with van der Waals surface area (Å²) in [5.41, 5.74) is 0.972. The van der Waals surface area contributed by atoms with Crippen LogP contribution in [0.3, 0.4) is 0 Å². The fourth-order valence-corrected chi connectivity index (χ4v) is 2.27. The van der Waals surface area contributed by atoms with E-state index in [1.165, 1.54) is 23.1 Å². The van der Waals surface area contributed by atoms with E-state index in [-0.39, 0.29) is 5.82 Å². The maximum Gasteiger partial charge on any atom is 0.123 e. The molecule has 0 saturated carbocycles. The smallest absolute Gasteiger partial charge is 0.123 e. The third kappa shape index (κ3) is 2.34. The summed E-state index contributed by atoms with van der Waals surface area (Å²) in [6.45, 7) is 1.96. The Hall–Kier alpha value is -0.390. The van der Waals surface area contributed by atoms with Crippen LogP contribution in [0.4, 0.5) is 10.1 Å². The molecule has 0 unspecified atom stereocenters. The van der Waals surface area contributed by atoms with Crippen molar-refractivity contribution in [3.63, 3.8) is 0 Å². The fourth-order valence-electron chi connectivity index (χ4n) is 1.38. The molecule has 1 aliphatic rings. The SMILES string of the molecule is Fc1ccc(NC2CN(SS)C2)cc1. The lowest BCUT2D eigenvalue weighted by molar-refractivity contribution is 0.313. The second kappa shape index (κ2) is 4.42. The summed E-state index contributed by atoms with van der Waals surface area (Å²) in [5.74, 6) is -0.198. The van der Waals surface area contributed by atoms with Gasteiger partial charge in [0.15, 0.2) is 0 Å². The highest BCUT2D eigenvalue weighted by molar-refractivity contribution is 8.67. The van der Waals surface area contributed by atoms with Crippen molar-refractivity contribution in [2.24, 2.45) is 0 Å². The Morgan fingerprint density at radius 2 is 2.00 bits per heavy atom. The van der Waals surface area contributed by atoms with Gasteiger partial charge < -0.3 is 5.32 Å². The van der Waals surface area contributed by atoms with Crippen molar-refractivity contribution in [1.82, 2.24) is 4.31 Å². The maximum atomic E-state index is 12.6. The quantitative estimate of drug-likeness (QED) is 0.471. The average molecular weight is 230 g/mol. The Kier molecular flexibility index (Phi) is 3.20. The number of halogens is 1. The van der Waals surface area contributed by atoms with Crippen molar-refractivity contribution in [3.8, 4) is 0 Å². The van der Waals surface area contributed by atoms with Gasteiger partial charge in [0.25, 0.3) is 0 Å². The highest BCUT2D eigenvalue weighted by Crippen LogP contribution is 2.24. The third-order valence-corrected chi connectivity index (χ3v) is 3.40. The highest BCUT2D eigenvalue weighted by Gasteiger charge is 2.25. The molecule has 0 aliphatic carbocycles. The molecular weight excluding hydrogens is 219 g/mol. The number of benzene rings is 1. The molecule has 1 saturated heterocycles. The predicted octanol–water partition coefficient (Wildman–Crippen LogP) is 2.41. The van der Waals surface area contributed by atoms with Crippen LogP contribution in [0.25, 0.3) is 0 Å². The minimum atomic E-state index is -0.198. The second-order valence-corrected chi connectivity index (χ2v) is 4.45. The van der Waals surface area contributed by atoms with E-state index >= 15 is 0 Å². The normalized spacial score (nSPS) is 17.9. The molecule has 76 valence electrons. The van der Waals surface area contributed by atoms with E-state index in [2.05, 4.69) is 21.3 Å². The van der Waals surface area contributed by atoms with Crippen LogP contribution >= 0.6 is 22.6 Å². The Morgan fingerprint density at radius 1 is 1.36 bits per heavy atom. The van der Waals surface area contributed by atoms with E-state index in [1.807, 2.05) is 0 Å². The lowest BCUT2D eigenvalue weighted by Crippen LogP contribution is -2.50. The fraction of sp³-hybridized carbons (Fsp3) is 0.333. The summed E-state index contributed by atoms with van der Waals surface area (Å²) < 4.78 is 14.7. The Balaban J connectivity index is 1.84. The van der Waals surface area contributed by atoms with Gasteiger partial charge in [0, 0.05) is 18.8 Å². The van der Waals surface area contributed by atoms with Gasteiger partial charge in [-0.25, -0.2) is 8.70 Å². The highest BCUT2D eigenvalue weighted by atomic mass is 33.1. The molecule has 1 aromatic carbocycles. The molecule has 0 bridgehead atoms. The number of nitrogens with one attached hydrogen (secondary N) is 1. The zero-order valence-electron chi connectivity index (χ0n) is 7.48. The molecule has 0 radical (unpaired) electrons. The van der Waals surface area contributed by atoms with Crippen LogP contribution < -0.4 is 5.32 Å². The van der Waals surface area contributed by atoms with Crippen LogP contribution in [-0.4, -0.2) is 23.4 Å². The molecule has 14 heavy (non-hydrogen) atoms. The summed E-state index contributed by atoms with van der Waals surface area (Å²) in [4.78, 5) is 0. The van der Waals surface area contributed by atoms with Crippen LogP contribution in [0.15, 0.2) is 24.3 Å². The topological polar surface area (TPSA) is 15.3 Å². The van der Waals surface area contributed by atoms with Gasteiger partial charge in [0.1, 0.15) is 5.82 Å². The number of nitrogens with zero attached hydrogens (tertiary/aromatic N) is 1. The monoisotopic (exact) mass is 230 g/mol. The van der Waals surface area contributed by atoms with Crippen molar-refractivity contribution in [2.75, 3.05) is 18.4 Å². The second-order valence-electron chi connectivity index (χ2n) is 3.28. The molecule has 1 fully saturated rings. The molecule has 1 N–H and O–H groups in total. The summed E-state index contributed by atoms with van der Waals surface area (Å²) in [7, 11) is 1.46. The maximum absolute atomic E-state index is 12.6. The van der Waals surface area contributed by atoms with E-state index in [0.29, 0.717) is 6.04 Å². The van der Waals surface area contributed by atoms with E-state index in [0.717, 1.165) is 18.8 Å². The van der Waals surface area contributed by atoms with Gasteiger partial charge in [-0.3, -0.25) is 0 Å². The molecule has 5 heteroatoms. The molecule has 0 aromatic heterocycles. The zero-order valence-corrected chi connectivity index (χ0v) is 9.19. The Labute approximate surface area is 91.8 Å². The van der Waals surface area contributed by atoms with Gasteiger partial charge in [-0.2, -0.15) is 0 Å². The lowest BCUT2D eigenvalue weighted by atomic mass is 10.1. The minimum absolute atomic E-state index is 0.198. The Bertz CT molecular complexity index is 298. The van der Waals surface area contributed by atoms with Crippen molar-refractivity contribution < 1.29 is 4.39 Å². The van der Waals surface area contributed by atoms with Gasteiger partial charge in [-0.15, -0.1) is 0 Å². The number of hydrogen-bond donors (Lipinski definition) is 2. The van der Waals surface area contributed by atoms with E-state index < -0.39 is 0 Å². The lowest BCUT2D eigenvalue weighted by Gasteiger charge is -2.37. The number of rotatable bonds is 3. The van der Waals surface area contributed by atoms with E-state index in [1.54, 1.807) is 12.1 Å². The zero-order chi connectivity index (χ0) is 9.97. The molecule has 0 amide bonds. The predicted molar refractivity (Wildman–Crippen MR) is 62.0 cm³/mol. The van der Waals surface area contributed by atoms with Crippen molar-refractivity contribution >= 4 is 28.3 Å². The van der Waals surface area contributed by atoms with Crippen molar-refractivity contribution in [2.45, 2.75) is 6.04 Å². The minimum Gasteiger partial charge on any atom is -0.380 e. The van der Waals surface area contributed by atoms with E-state index in [9.17, 15) is 4.39 Å². The van der Waals surface area contributed by atoms with Crippen LogP contribution in [0.2, 0.25) is 0 Å². The van der Waals surface area contributed by atoms with Gasteiger partial charge in [-0.05, 0) is 35.2 Å². The van der Waals surface area contributed by atoms with Crippen LogP contribution in [0, 0.1) is 5.82 Å². The van der Waals surface area contributed by atoms with Gasteiger partial charge >= 0.3 is 0 Å². The number of anilines is 1. The molecule has 1 heterocycles. The Morgan fingerprint density at radius 3 is 2.57 bits per heavy atom. The summed E-state index contributed by atoms with van der Waals surface area (Å²) in [6.07, 6.45) is 0. The van der Waals surface area contributed by atoms with Gasteiger partial charge in [0.05, 0.1) is 6.04 Å². The first kappa shape index (κ1) is 10.1. The first-order chi connectivity index (χ1) is 6.78. The van der Waals surface area contributed by atoms with Crippen LogP contribution in [-0.2, 0) is 0 Å².